The molecule has 0 aliphatic rings. The van der Waals surface area contributed by atoms with E-state index in [0.717, 1.165) is 5.69 Å². The summed E-state index contributed by atoms with van der Waals surface area (Å²) in [7, 11) is 0. The molecular weight excluding hydrogens is 279 g/mol. The number of hydrogen-bond acceptors (Lipinski definition) is 3. The second-order valence-corrected chi connectivity index (χ2v) is 4.67. The van der Waals surface area contributed by atoms with E-state index in [2.05, 4.69) is 5.32 Å². The van der Waals surface area contributed by atoms with Gasteiger partial charge in [-0.05, 0) is 42.0 Å². The second-order valence-electron chi connectivity index (χ2n) is 4.26. The molecule has 0 heterocycles. The molecule has 2 N–H and O–H groups in total. The molecule has 102 valence electrons. The Morgan fingerprint density at radius 2 is 1.95 bits per heavy atom. The lowest BCUT2D eigenvalue weighted by atomic mass is 10.1. The average molecular weight is 291 g/mol. The van der Waals surface area contributed by atoms with Gasteiger partial charge in [0.05, 0.1) is 22.8 Å². The number of halogens is 2. The summed E-state index contributed by atoms with van der Waals surface area (Å²) in [6, 6.07) is 13.1. The molecule has 1 atom stereocenters. The maximum absolute atomic E-state index is 13.3. The average Bonchev–Trinajstić information content (AvgIpc) is 2.48. The van der Waals surface area contributed by atoms with Gasteiger partial charge in [0.1, 0.15) is 5.82 Å². The van der Waals surface area contributed by atoms with Crippen molar-refractivity contribution < 1.29 is 9.50 Å². The summed E-state index contributed by atoms with van der Waals surface area (Å²) in [5.41, 5.74) is 1.79. The number of anilines is 1. The standard InChI is InChI=1S/C15H12ClFN2O/c16-13-6-3-11(7-14(13)17)15(20)9-19-12-4-1-10(8-18)2-5-12/h1-7,15,19-20H,9H2. The molecule has 0 amide bonds. The van der Waals surface area contributed by atoms with E-state index in [-0.39, 0.29) is 11.6 Å². The third-order valence-electron chi connectivity index (χ3n) is 2.84. The van der Waals surface area contributed by atoms with Crippen molar-refractivity contribution in [2.45, 2.75) is 6.10 Å². The predicted octanol–water partition coefficient (Wildman–Crippen LogP) is 3.50. The van der Waals surface area contributed by atoms with Gasteiger partial charge in [-0.3, -0.25) is 0 Å². The zero-order chi connectivity index (χ0) is 14.5. The zero-order valence-corrected chi connectivity index (χ0v) is 11.2. The molecule has 2 aromatic carbocycles. The van der Waals surface area contributed by atoms with Crippen LogP contribution in [0.25, 0.3) is 0 Å². The number of rotatable bonds is 4. The predicted molar refractivity (Wildman–Crippen MR) is 76.0 cm³/mol. The normalized spacial score (nSPS) is 11.7. The molecule has 1 unspecified atom stereocenters. The Bertz CT molecular complexity index is 637. The smallest absolute Gasteiger partial charge is 0.142 e. The molecule has 5 heteroatoms. The van der Waals surface area contributed by atoms with Gasteiger partial charge < -0.3 is 10.4 Å². The molecule has 3 nitrogen and oxygen atoms in total. The summed E-state index contributed by atoms with van der Waals surface area (Å²) in [6.45, 7) is 0.229. The fraction of sp³-hybridized carbons (Fsp3) is 0.133. The highest BCUT2D eigenvalue weighted by molar-refractivity contribution is 6.30. The minimum atomic E-state index is -0.850. The molecule has 0 spiro atoms. The molecule has 0 aliphatic heterocycles. The molecule has 2 rings (SSSR count). The number of nitrogens with zero attached hydrogens (tertiary/aromatic N) is 1. The summed E-state index contributed by atoms with van der Waals surface area (Å²) in [4.78, 5) is 0. The van der Waals surface area contributed by atoms with Gasteiger partial charge >= 0.3 is 0 Å². The first-order chi connectivity index (χ1) is 9.60. The quantitative estimate of drug-likeness (QED) is 0.906. The number of aliphatic hydroxyl groups is 1. The maximum Gasteiger partial charge on any atom is 0.142 e. The molecule has 0 aromatic heterocycles. The monoisotopic (exact) mass is 290 g/mol. The summed E-state index contributed by atoms with van der Waals surface area (Å²) >= 11 is 5.59. The highest BCUT2D eigenvalue weighted by Crippen LogP contribution is 2.21. The van der Waals surface area contributed by atoms with E-state index in [1.54, 1.807) is 30.3 Å². The maximum atomic E-state index is 13.3. The van der Waals surface area contributed by atoms with E-state index in [0.29, 0.717) is 11.1 Å². The van der Waals surface area contributed by atoms with Crippen molar-refractivity contribution in [1.82, 2.24) is 0 Å². The Kier molecular flexibility index (Phi) is 4.57. The fourth-order valence-corrected chi connectivity index (χ4v) is 1.83. The molecule has 0 saturated carbocycles. The first-order valence-electron chi connectivity index (χ1n) is 5.97. The van der Waals surface area contributed by atoms with Gasteiger partial charge in [-0.1, -0.05) is 17.7 Å². The lowest BCUT2D eigenvalue weighted by Gasteiger charge is -2.13. The van der Waals surface area contributed by atoms with Gasteiger partial charge in [-0.15, -0.1) is 0 Å². The van der Waals surface area contributed by atoms with E-state index in [4.69, 9.17) is 16.9 Å². The molecule has 0 aliphatic carbocycles. The third-order valence-corrected chi connectivity index (χ3v) is 3.15. The van der Waals surface area contributed by atoms with Gasteiger partial charge in [-0.2, -0.15) is 5.26 Å². The van der Waals surface area contributed by atoms with Crippen molar-refractivity contribution in [3.05, 3.63) is 64.4 Å². The zero-order valence-electron chi connectivity index (χ0n) is 10.5. The second kappa shape index (κ2) is 6.38. The van der Waals surface area contributed by atoms with Crippen molar-refractivity contribution in [3.8, 4) is 6.07 Å². The van der Waals surface area contributed by atoms with Gasteiger partial charge in [0, 0.05) is 12.2 Å². The van der Waals surface area contributed by atoms with Crippen LogP contribution in [0.4, 0.5) is 10.1 Å². The van der Waals surface area contributed by atoms with Crippen molar-refractivity contribution in [1.29, 1.82) is 5.26 Å². The van der Waals surface area contributed by atoms with Gasteiger partial charge in [0.15, 0.2) is 0 Å². The SMILES string of the molecule is N#Cc1ccc(NCC(O)c2ccc(Cl)c(F)c2)cc1. The molecule has 2 aromatic rings. The van der Waals surface area contributed by atoms with Gasteiger partial charge in [0.25, 0.3) is 0 Å². The highest BCUT2D eigenvalue weighted by Gasteiger charge is 2.10. The van der Waals surface area contributed by atoms with Crippen LogP contribution >= 0.6 is 11.6 Å². The lowest BCUT2D eigenvalue weighted by Crippen LogP contribution is -2.12. The number of benzene rings is 2. The Labute approximate surface area is 121 Å². The van der Waals surface area contributed by atoms with Gasteiger partial charge in [-0.25, -0.2) is 4.39 Å². The molecule has 0 bridgehead atoms. The van der Waals surface area contributed by atoms with Crippen LogP contribution in [0.1, 0.15) is 17.2 Å². The number of nitrogens with one attached hydrogen (secondary N) is 1. The molecule has 0 radical (unpaired) electrons. The van der Waals surface area contributed by atoms with E-state index >= 15 is 0 Å². The topological polar surface area (TPSA) is 56.0 Å². The Hall–Kier alpha value is -2.09. The Morgan fingerprint density at radius 3 is 2.55 bits per heavy atom. The van der Waals surface area contributed by atoms with Crippen molar-refractivity contribution >= 4 is 17.3 Å². The van der Waals surface area contributed by atoms with Crippen molar-refractivity contribution in [2.75, 3.05) is 11.9 Å². The number of hydrogen-bond donors (Lipinski definition) is 2. The van der Waals surface area contributed by atoms with Crippen LogP contribution in [0.3, 0.4) is 0 Å². The van der Waals surface area contributed by atoms with Crippen LogP contribution in [-0.2, 0) is 0 Å². The van der Waals surface area contributed by atoms with E-state index in [9.17, 15) is 9.50 Å². The molecule has 0 fully saturated rings. The number of nitriles is 1. The summed E-state index contributed by atoms with van der Waals surface area (Å²) in [6.07, 6.45) is -0.850. The van der Waals surface area contributed by atoms with Gasteiger partial charge in [0.2, 0.25) is 0 Å². The first kappa shape index (κ1) is 14.3. The van der Waals surface area contributed by atoms with Crippen molar-refractivity contribution in [3.63, 3.8) is 0 Å². The molecule has 20 heavy (non-hydrogen) atoms. The van der Waals surface area contributed by atoms with Crippen LogP contribution in [0.2, 0.25) is 5.02 Å². The van der Waals surface area contributed by atoms with Crippen molar-refractivity contribution in [2.24, 2.45) is 0 Å². The van der Waals surface area contributed by atoms with Crippen LogP contribution in [0.15, 0.2) is 42.5 Å². The minimum Gasteiger partial charge on any atom is -0.387 e. The van der Waals surface area contributed by atoms with Crippen LogP contribution in [0, 0.1) is 17.1 Å². The summed E-state index contributed by atoms with van der Waals surface area (Å²) in [5.74, 6) is -0.554. The number of aliphatic hydroxyl groups excluding tert-OH is 1. The fourth-order valence-electron chi connectivity index (χ4n) is 1.71. The first-order valence-corrected chi connectivity index (χ1v) is 6.35. The van der Waals surface area contributed by atoms with E-state index < -0.39 is 11.9 Å². The largest absolute Gasteiger partial charge is 0.387 e. The Morgan fingerprint density at radius 1 is 1.25 bits per heavy atom. The molecule has 0 saturated heterocycles. The van der Waals surface area contributed by atoms with E-state index in [1.165, 1.54) is 12.1 Å². The minimum absolute atomic E-state index is 0.0287. The van der Waals surface area contributed by atoms with Crippen LogP contribution in [-0.4, -0.2) is 11.7 Å². The summed E-state index contributed by atoms with van der Waals surface area (Å²) < 4.78 is 13.3. The Balaban J connectivity index is 1.99. The highest BCUT2D eigenvalue weighted by atomic mass is 35.5. The van der Waals surface area contributed by atoms with Crippen LogP contribution in [0.5, 0.6) is 0 Å². The van der Waals surface area contributed by atoms with E-state index in [1.807, 2.05) is 6.07 Å². The third kappa shape index (κ3) is 3.47. The molecular formula is C15H12ClFN2O. The van der Waals surface area contributed by atoms with Crippen LogP contribution < -0.4 is 5.32 Å². The lowest BCUT2D eigenvalue weighted by molar-refractivity contribution is 0.191. The summed E-state index contributed by atoms with van der Waals surface area (Å²) in [5, 5.41) is 21.7.